The fourth-order valence-electron chi connectivity index (χ4n) is 3.25. The smallest absolute Gasteiger partial charge is 0.199 e. The minimum atomic E-state index is 0.0448. The summed E-state index contributed by atoms with van der Waals surface area (Å²) in [6.45, 7) is 2.12. The number of rotatable bonds is 4. The van der Waals surface area contributed by atoms with E-state index in [9.17, 15) is 0 Å². The van der Waals surface area contributed by atoms with Crippen molar-refractivity contribution in [1.29, 1.82) is 0 Å². The van der Waals surface area contributed by atoms with Gasteiger partial charge in [-0.1, -0.05) is 48.9 Å². The molecule has 0 spiro atoms. The lowest BCUT2D eigenvalue weighted by Gasteiger charge is -2.15. The van der Waals surface area contributed by atoms with E-state index >= 15 is 0 Å². The van der Waals surface area contributed by atoms with Gasteiger partial charge in [0.25, 0.3) is 0 Å². The van der Waals surface area contributed by atoms with E-state index in [1.165, 1.54) is 0 Å². The second-order valence-corrected chi connectivity index (χ2v) is 7.22. The first-order chi connectivity index (χ1) is 13.1. The number of fused-ring (bicyclic) bond motifs is 1. The van der Waals surface area contributed by atoms with Crippen molar-refractivity contribution in [2.24, 2.45) is 0 Å². The van der Waals surface area contributed by atoms with Crippen molar-refractivity contribution in [2.45, 2.75) is 12.8 Å². The topological polar surface area (TPSA) is 42.8 Å². The molecule has 27 heavy (non-hydrogen) atoms. The van der Waals surface area contributed by atoms with E-state index in [0.717, 1.165) is 33.6 Å². The van der Waals surface area contributed by atoms with Crippen LogP contribution >= 0.6 is 23.8 Å². The normalized spacial score (nSPS) is 12.3. The average Bonchev–Trinajstić information content (AvgIpc) is 3.08. The van der Waals surface area contributed by atoms with Crippen molar-refractivity contribution >= 4 is 34.6 Å². The van der Waals surface area contributed by atoms with E-state index in [-0.39, 0.29) is 5.92 Å². The SMILES string of the molecule is COc1ccc2cc([C@H](C)c3n[nH]c(=S)n3-c3cccc(Cl)c3)ccc2c1. The molecule has 136 valence electrons. The van der Waals surface area contributed by atoms with E-state index in [2.05, 4.69) is 41.4 Å². The number of halogens is 1. The third-order valence-corrected chi connectivity index (χ3v) is 5.23. The largest absolute Gasteiger partial charge is 0.497 e. The summed E-state index contributed by atoms with van der Waals surface area (Å²) in [6.07, 6.45) is 0. The van der Waals surface area contributed by atoms with Crippen LogP contribution in [0.2, 0.25) is 5.02 Å². The molecule has 1 heterocycles. The van der Waals surface area contributed by atoms with Crippen molar-refractivity contribution in [3.63, 3.8) is 0 Å². The monoisotopic (exact) mass is 395 g/mol. The molecule has 3 aromatic carbocycles. The highest BCUT2D eigenvalue weighted by molar-refractivity contribution is 7.71. The molecule has 1 aromatic heterocycles. The van der Waals surface area contributed by atoms with Crippen LogP contribution in [-0.2, 0) is 0 Å². The zero-order valence-corrected chi connectivity index (χ0v) is 16.5. The van der Waals surface area contributed by atoms with Gasteiger partial charge in [0.1, 0.15) is 11.6 Å². The summed E-state index contributed by atoms with van der Waals surface area (Å²) in [4.78, 5) is 0. The molecule has 4 nitrogen and oxygen atoms in total. The summed E-state index contributed by atoms with van der Waals surface area (Å²) in [5, 5.41) is 10.4. The van der Waals surface area contributed by atoms with Crippen LogP contribution in [0.5, 0.6) is 5.75 Å². The van der Waals surface area contributed by atoms with Gasteiger partial charge in [0, 0.05) is 10.9 Å². The lowest BCUT2D eigenvalue weighted by molar-refractivity contribution is 0.415. The van der Waals surface area contributed by atoms with Crippen molar-refractivity contribution in [3.8, 4) is 11.4 Å². The molecule has 0 aliphatic heterocycles. The Kier molecular flexibility index (Phi) is 4.72. The van der Waals surface area contributed by atoms with Crippen molar-refractivity contribution < 1.29 is 4.74 Å². The quantitative estimate of drug-likeness (QED) is 0.437. The first kappa shape index (κ1) is 17.8. The fraction of sp³-hybridized carbons (Fsp3) is 0.143. The minimum Gasteiger partial charge on any atom is -0.497 e. The molecule has 4 aromatic rings. The molecule has 6 heteroatoms. The molecule has 0 unspecified atom stereocenters. The molecular formula is C21H18ClN3OS. The van der Waals surface area contributed by atoms with Crippen LogP contribution in [0.1, 0.15) is 24.2 Å². The third-order valence-electron chi connectivity index (χ3n) is 4.72. The zero-order chi connectivity index (χ0) is 19.0. The number of hydrogen-bond donors (Lipinski definition) is 1. The zero-order valence-electron chi connectivity index (χ0n) is 14.9. The number of hydrogen-bond acceptors (Lipinski definition) is 3. The molecule has 1 N–H and O–H groups in total. The molecule has 1 atom stereocenters. The Labute approximate surface area is 167 Å². The number of methoxy groups -OCH3 is 1. The maximum Gasteiger partial charge on any atom is 0.199 e. The van der Waals surface area contributed by atoms with E-state index in [0.29, 0.717) is 9.79 Å². The second-order valence-electron chi connectivity index (χ2n) is 6.40. The molecule has 0 saturated heterocycles. The van der Waals surface area contributed by atoms with Crippen LogP contribution in [0.25, 0.3) is 16.5 Å². The summed E-state index contributed by atoms with van der Waals surface area (Å²) in [7, 11) is 1.68. The Morgan fingerprint density at radius 2 is 1.85 bits per heavy atom. The molecule has 0 radical (unpaired) electrons. The van der Waals surface area contributed by atoms with Crippen molar-refractivity contribution in [1.82, 2.24) is 14.8 Å². The van der Waals surface area contributed by atoms with E-state index in [1.54, 1.807) is 7.11 Å². The first-order valence-corrected chi connectivity index (χ1v) is 9.36. The van der Waals surface area contributed by atoms with Gasteiger partial charge in [-0.05, 0) is 58.9 Å². The molecule has 0 bridgehead atoms. The number of nitrogens with zero attached hydrogens (tertiary/aromatic N) is 2. The van der Waals surface area contributed by atoms with Gasteiger partial charge in [0.2, 0.25) is 0 Å². The van der Waals surface area contributed by atoms with Crippen LogP contribution in [0.4, 0.5) is 0 Å². The Balaban J connectivity index is 1.78. The summed E-state index contributed by atoms with van der Waals surface area (Å²) >= 11 is 11.6. The standard InChI is InChI=1S/C21H18ClN3OS/c1-13(14-6-7-16-11-19(26-2)9-8-15(16)10-14)20-23-24-21(27)25(20)18-5-3-4-17(22)12-18/h3-13H,1-2H3,(H,24,27)/t13-/m0/s1. The average molecular weight is 396 g/mol. The van der Waals surface area contributed by atoms with E-state index in [1.807, 2.05) is 41.0 Å². The highest BCUT2D eigenvalue weighted by Crippen LogP contribution is 2.29. The van der Waals surface area contributed by atoms with E-state index < -0.39 is 0 Å². The van der Waals surface area contributed by atoms with Gasteiger partial charge < -0.3 is 4.74 Å². The summed E-state index contributed by atoms with van der Waals surface area (Å²) in [5.74, 6) is 1.74. The number of ether oxygens (including phenoxy) is 1. The molecule has 0 fully saturated rings. The number of aromatic amines is 1. The summed E-state index contributed by atoms with van der Waals surface area (Å²) in [5.41, 5.74) is 2.05. The Bertz CT molecular complexity index is 1180. The maximum absolute atomic E-state index is 6.16. The van der Waals surface area contributed by atoms with Gasteiger partial charge in [0.05, 0.1) is 12.8 Å². The van der Waals surface area contributed by atoms with Crippen LogP contribution < -0.4 is 4.74 Å². The molecule has 0 aliphatic carbocycles. The van der Waals surface area contributed by atoms with Gasteiger partial charge >= 0.3 is 0 Å². The maximum atomic E-state index is 6.16. The van der Waals surface area contributed by atoms with Gasteiger partial charge in [-0.15, -0.1) is 0 Å². The number of aromatic nitrogens is 3. The minimum absolute atomic E-state index is 0.0448. The predicted octanol–water partition coefficient (Wildman–Crippen LogP) is 5.90. The number of benzene rings is 3. The molecule has 0 saturated carbocycles. The van der Waals surface area contributed by atoms with Gasteiger partial charge in [-0.3, -0.25) is 9.67 Å². The van der Waals surface area contributed by atoms with Crippen molar-refractivity contribution in [3.05, 3.63) is 81.8 Å². The lowest BCUT2D eigenvalue weighted by atomic mass is 9.97. The lowest BCUT2D eigenvalue weighted by Crippen LogP contribution is -2.07. The van der Waals surface area contributed by atoms with Crippen LogP contribution in [0, 0.1) is 4.77 Å². The third kappa shape index (κ3) is 3.36. The number of nitrogens with one attached hydrogen (secondary N) is 1. The highest BCUT2D eigenvalue weighted by Gasteiger charge is 2.18. The van der Waals surface area contributed by atoms with Crippen molar-refractivity contribution in [2.75, 3.05) is 7.11 Å². The van der Waals surface area contributed by atoms with Crippen LogP contribution in [0.15, 0.2) is 60.7 Å². The first-order valence-electron chi connectivity index (χ1n) is 8.58. The fourth-order valence-corrected chi connectivity index (χ4v) is 3.68. The predicted molar refractivity (Wildman–Crippen MR) is 112 cm³/mol. The summed E-state index contributed by atoms with van der Waals surface area (Å²) < 4.78 is 7.79. The molecule has 0 amide bonds. The van der Waals surface area contributed by atoms with E-state index in [4.69, 9.17) is 28.6 Å². The van der Waals surface area contributed by atoms with Gasteiger partial charge in [-0.2, -0.15) is 5.10 Å². The summed E-state index contributed by atoms with van der Waals surface area (Å²) in [6, 6.07) is 20.1. The molecule has 4 rings (SSSR count). The second kappa shape index (κ2) is 7.18. The Hall–Kier alpha value is -2.63. The number of H-pyrrole nitrogens is 1. The Morgan fingerprint density at radius 1 is 1.07 bits per heavy atom. The van der Waals surface area contributed by atoms with Crippen LogP contribution in [-0.4, -0.2) is 21.9 Å². The molecular weight excluding hydrogens is 378 g/mol. The van der Waals surface area contributed by atoms with Crippen LogP contribution in [0.3, 0.4) is 0 Å². The Morgan fingerprint density at radius 3 is 2.63 bits per heavy atom. The van der Waals surface area contributed by atoms with Gasteiger partial charge in [0.15, 0.2) is 4.77 Å². The molecule has 0 aliphatic rings. The van der Waals surface area contributed by atoms with Gasteiger partial charge in [-0.25, -0.2) is 0 Å². The highest BCUT2D eigenvalue weighted by atomic mass is 35.5.